The molecule has 0 heterocycles. The van der Waals surface area contributed by atoms with Crippen molar-refractivity contribution < 1.29 is 4.74 Å². The molecule has 78 valence electrons. The minimum atomic E-state index is 0.174. The molecular formula is C11H23NO. The van der Waals surface area contributed by atoms with Crippen LogP contribution in [0.3, 0.4) is 0 Å². The largest absolute Gasteiger partial charge is 0.377 e. The lowest BCUT2D eigenvalue weighted by Gasteiger charge is -2.31. The Kier molecular flexibility index (Phi) is 4.20. The van der Waals surface area contributed by atoms with Gasteiger partial charge in [0.1, 0.15) is 0 Å². The molecule has 1 saturated carbocycles. The van der Waals surface area contributed by atoms with Crippen LogP contribution in [0.2, 0.25) is 0 Å². The van der Waals surface area contributed by atoms with Gasteiger partial charge in [0.25, 0.3) is 0 Å². The summed E-state index contributed by atoms with van der Waals surface area (Å²) < 4.78 is 5.76. The van der Waals surface area contributed by atoms with E-state index in [-0.39, 0.29) is 6.04 Å². The summed E-state index contributed by atoms with van der Waals surface area (Å²) in [4.78, 5) is 0. The summed E-state index contributed by atoms with van der Waals surface area (Å²) in [6.07, 6.45) is 4.26. The fourth-order valence-electron chi connectivity index (χ4n) is 2.30. The molecule has 0 bridgehead atoms. The Morgan fingerprint density at radius 3 is 2.23 bits per heavy atom. The Balaban J connectivity index is 2.25. The van der Waals surface area contributed by atoms with Crippen LogP contribution in [0.4, 0.5) is 0 Å². The summed E-state index contributed by atoms with van der Waals surface area (Å²) in [7, 11) is 0. The average Bonchev–Trinajstić information content (AvgIpc) is 1.99. The first kappa shape index (κ1) is 11.0. The van der Waals surface area contributed by atoms with Gasteiger partial charge in [-0.15, -0.1) is 0 Å². The molecule has 3 atom stereocenters. The van der Waals surface area contributed by atoms with E-state index >= 15 is 0 Å². The van der Waals surface area contributed by atoms with Gasteiger partial charge in [0.2, 0.25) is 0 Å². The van der Waals surface area contributed by atoms with Crippen molar-refractivity contribution in [3.63, 3.8) is 0 Å². The quantitative estimate of drug-likeness (QED) is 0.731. The number of rotatable bonds is 3. The van der Waals surface area contributed by atoms with Gasteiger partial charge < -0.3 is 10.5 Å². The summed E-state index contributed by atoms with van der Waals surface area (Å²) in [5, 5.41) is 0. The Bertz CT molecular complexity index is 137. The molecule has 2 nitrogen and oxygen atoms in total. The lowest BCUT2D eigenvalue weighted by atomic mass is 9.82. The van der Waals surface area contributed by atoms with Crippen molar-refractivity contribution in [1.82, 2.24) is 0 Å². The fourth-order valence-corrected chi connectivity index (χ4v) is 2.30. The van der Waals surface area contributed by atoms with E-state index in [2.05, 4.69) is 13.8 Å². The second-order valence-electron chi connectivity index (χ2n) is 4.85. The van der Waals surface area contributed by atoms with E-state index in [4.69, 9.17) is 10.5 Å². The maximum absolute atomic E-state index is 5.76. The Morgan fingerprint density at radius 1 is 1.23 bits per heavy atom. The van der Waals surface area contributed by atoms with Crippen molar-refractivity contribution in [3.05, 3.63) is 0 Å². The van der Waals surface area contributed by atoms with Crippen molar-refractivity contribution >= 4 is 0 Å². The average molecular weight is 185 g/mol. The van der Waals surface area contributed by atoms with E-state index in [1.165, 1.54) is 19.3 Å². The first-order valence-electron chi connectivity index (χ1n) is 5.45. The highest BCUT2D eigenvalue weighted by atomic mass is 16.5. The minimum Gasteiger partial charge on any atom is -0.377 e. The van der Waals surface area contributed by atoms with E-state index in [0.29, 0.717) is 12.7 Å². The zero-order valence-corrected chi connectivity index (χ0v) is 9.12. The molecule has 2 heteroatoms. The van der Waals surface area contributed by atoms with Crippen LogP contribution in [0, 0.1) is 11.8 Å². The molecular weight excluding hydrogens is 162 g/mol. The third-order valence-electron chi connectivity index (χ3n) is 2.73. The molecule has 0 aromatic heterocycles. The molecule has 0 aromatic rings. The van der Waals surface area contributed by atoms with Crippen molar-refractivity contribution in [3.8, 4) is 0 Å². The maximum atomic E-state index is 5.76. The van der Waals surface area contributed by atoms with Gasteiger partial charge in [-0.2, -0.15) is 0 Å². The molecule has 0 spiro atoms. The first-order valence-corrected chi connectivity index (χ1v) is 5.45. The van der Waals surface area contributed by atoms with Crippen LogP contribution in [-0.2, 0) is 4.74 Å². The molecule has 1 aliphatic rings. The lowest BCUT2D eigenvalue weighted by Crippen LogP contribution is -2.31. The fraction of sp³-hybridized carbons (Fsp3) is 1.00. The summed E-state index contributed by atoms with van der Waals surface area (Å²) in [5.41, 5.74) is 5.65. The smallest absolute Gasteiger partial charge is 0.0618 e. The predicted molar refractivity (Wildman–Crippen MR) is 55.6 cm³/mol. The van der Waals surface area contributed by atoms with E-state index in [1.807, 2.05) is 6.92 Å². The summed E-state index contributed by atoms with van der Waals surface area (Å²) in [6.45, 7) is 7.34. The molecule has 1 aliphatic carbocycles. The highest BCUT2D eigenvalue weighted by molar-refractivity contribution is 4.75. The lowest BCUT2D eigenvalue weighted by molar-refractivity contribution is -0.00336. The SMILES string of the molecule is CC1CC(C)CC(OC[C@@H](C)N)C1. The highest BCUT2D eigenvalue weighted by Gasteiger charge is 2.24. The van der Waals surface area contributed by atoms with Gasteiger partial charge in [0.05, 0.1) is 12.7 Å². The monoisotopic (exact) mass is 185 g/mol. The van der Waals surface area contributed by atoms with Crippen molar-refractivity contribution in [2.24, 2.45) is 17.6 Å². The van der Waals surface area contributed by atoms with Crippen LogP contribution in [0.5, 0.6) is 0 Å². The third kappa shape index (κ3) is 4.10. The van der Waals surface area contributed by atoms with Gasteiger partial charge in [-0.3, -0.25) is 0 Å². The molecule has 0 saturated heterocycles. The van der Waals surface area contributed by atoms with Crippen LogP contribution in [0.15, 0.2) is 0 Å². The van der Waals surface area contributed by atoms with Crippen molar-refractivity contribution in [2.75, 3.05) is 6.61 Å². The molecule has 0 aliphatic heterocycles. The topological polar surface area (TPSA) is 35.2 Å². The number of hydrogen-bond donors (Lipinski definition) is 1. The summed E-state index contributed by atoms with van der Waals surface area (Å²) in [5.74, 6) is 1.64. The molecule has 0 amide bonds. The molecule has 1 rings (SSSR count). The minimum absolute atomic E-state index is 0.174. The van der Waals surface area contributed by atoms with E-state index in [9.17, 15) is 0 Å². The van der Waals surface area contributed by atoms with Crippen molar-refractivity contribution in [1.29, 1.82) is 0 Å². The Hall–Kier alpha value is -0.0800. The van der Waals surface area contributed by atoms with Crippen LogP contribution in [0.1, 0.15) is 40.0 Å². The zero-order chi connectivity index (χ0) is 9.84. The highest BCUT2D eigenvalue weighted by Crippen LogP contribution is 2.30. The molecule has 2 unspecified atom stereocenters. The van der Waals surface area contributed by atoms with E-state index < -0.39 is 0 Å². The van der Waals surface area contributed by atoms with E-state index in [0.717, 1.165) is 11.8 Å². The third-order valence-corrected chi connectivity index (χ3v) is 2.73. The second-order valence-corrected chi connectivity index (χ2v) is 4.85. The summed E-state index contributed by atoms with van der Waals surface area (Å²) >= 11 is 0. The number of nitrogens with two attached hydrogens (primary N) is 1. The van der Waals surface area contributed by atoms with Crippen LogP contribution in [0.25, 0.3) is 0 Å². The molecule has 2 N–H and O–H groups in total. The Labute approximate surface area is 81.8 Å². The number of ether oxygens (including phenoxy) is 1. The molecule has 0 radical (unpaired) electrons. The standard InChI is InChI=1S/C11H23NO/c1-8-4-9(2)6-11(5-8)13-7-10(3)12/h8-11H,4-7,12H2,1-3H3/t8?,9?,10-,11?/m1/s1. The van der Waals surface area contributed by atoms with Crippen LogP contribution >= 0.6 is 0 Å². The second kappa shape index (κ2) is 4.97. The van der Waals surface area contributed by atoms with Gasteiger partial charge in [0, 0.05) is 6.04 Å². The molecule has 0 aromatic carbocycles. The maximum Gasteiger partial charge on any atom is 0.0618 e. The van der Waals surface area contributed by atoms with E-state index in [1.54, 1.807) is 0 Å². The zero-order valence-electron chi connectivity index (χ0n) is 9.12. The predicted octanol–water partition coefficient (Wildman–Crippen LogP) is 2.17. The van der Waals surface area contributed by atoms with Gasteiger partial charge in [0.15, 0.2) is 0 Å². The summed E-state index contributed by atoms with van der Waals surface area (Å²) in [6, 6.07) is 0.174. The molecule has 1 fully saturated rings. The van der Waals surface area contributed by atoms with Crippen molar-refractivity contribution in [2.45, 2.75) is 52.2 Å². The molecule has 13 heavy (non-hydrogen) atoms. The van der Waals surface area contributed by atoms with Crippen LogP contribution in [-0.4, -0.2) is 18.8 Å². The van der Waals surface area contributed by atoms with Crippen LogP contribution < -0.4 is 5.73 Å². The van der Waals surface area contributed by atoms with Gasteiger partial charge in [-0.1, -0.05) is 13.8 Å². The van der Waals surface area contributed by atoms with Gasteiger partial charge in [-0.05, 0) is 38.0 Å². The number of hydrogen-bond acceptors (Lipinski definition) is 2. The normalized spacial score (nSPS) is 37.4. The van der Waals surface area contributed by atoms with Gasteiger partial charge >= 0.3 is 0 Å². The Morgan fingerprint density at radius 2 is 1.77 bits per heavy atom. The first-order chi connectivity index (χ1) is 6.08. The van der Waals surface area contributed by atoms with Gasteiger partial charge in [-0.25, -0.2) is 0 Å².